The third-order valence-electron chi connectivity index (χ3n) is 3.87. The number of hydrogen-bond acceptors (Lipinski definition) is 7. The molecule has 1 amide bonds. The molecule has 1 unspecified atom stereocenters. The quantitative estimate of drug-likeness (QED) is 0.607. The van der Waals surface area contributed by atoms with Gasteiger partial charge in [-0.2, -0.15) is 0 Å². The molecule has 0 saturated heterocycles. The van der Waals surface area contributed by atoms with E-state index < -0.39 is 14.8 Å². The first-order chi connectivity index (χ1) is 11.8. The highest BCUT2D eigenvalue weighted by atomic mass is 32.2. The van der Waals surface area contributed by atoms with E-state index in [9.17, 15) is 23.3 Å². The molecule has 1 atom stereocenters. The average molecular weight is 381 g/mol. The van der Waals surface area contributed by atoms with Gasteiger partial charge in [0.1, 0.15) is 4.21 Å². The summed E-state index contributed by atoms with van der Waals surface area (Å²) in [4.78, 5) is 22.4. The van der Waals surface area contributed by atoms with E-state index in [0.29, 0.717) is 0 Å². The number of nitrogens with zero attached hydrogens (tertiary/aromatic N) is 1. The number of carbonyl (C=O) groups is 1. The first kappa shape index (κ1) is 17.4. The van der Waals surface area contributed by atoms with Gasteiger partial charge in [0, 0.05) is 36.9 Å². The molecule has 2 aromatic rings. The number of amides is 1. The second-order valence-corrected chi connectivity index (χ2v) is 9.02. The Morgan fingerprint density at radius 1 is 1.40 bits per heavy atom. The van der Waals surface area contributed by atoms with Crippen LogP contribution >= 0.6 is 11.3 Å². The number of sulfone groups is 1. The number of nitrogens with one attached hydrogen (secondary N) is 2. The molecule has 8 nitrogen and oxygen atoms in total. The van der Waals surface area contributed by atoms with Crippen LogP contribution in [0.3, 0.4) is 0 Å². The second kappa shape index (κ2) is 6.45. The van der Waals surface area contributed by atoms with Crippen molar-refractivity contribution in [2.45, 2.75) is 16.5 Å². The average Bonchev–Trinajstić information content (AvgIpc) is 2.97. The van der Waals surface area contributed by atoms with Gasteiger partial charge in [0.25, 0.3) is 0 Å². The number of nitro groups is 1. The molecule has 0 saturated carbocycles. The summed E-state index contributed by atoms with van der Waals surface area (Å²) in [6.07, 6.45) is 1.26. The largest absolute Gasteiger partial charge is 0.371 e. The van der Waals surface area contributed by atoms with Crippen molar-refractivity contribution in [3.8, 4) is 0 Å². The molecule has 2 N–H and O–H groups in total. The molecule has 0 bridgehead atoms. The minimum absolute atomic E-state index is 0.0662. The lowest BCUT2D eigenvalue weighted by Gasteiger charge is -2.25. The maximum atomic E-state index is 11.8. The molecule has 1 aromatic heterocycles. The Kier molecular flexibility index (Phi) is 4.48. The molecular weight excluding hydrogens is 366 g/mol. The van der Waals surface area contributed by atoms with Gasteiger partial charge in [-0.1, -0.05) is 29.5 Å². The van der Waals surface area contributed by atoms with E-state index in [1.54, 1.807) is 6.07 Å². The van der Waals surface area contributed by atoms with E-state index in [2.05, 4.69) is 10.6 Å². The number of hydrogen-bond donors (Lipinski definition) is 2. The Morgan fingerprint density at radius 2 is 2.12 bits per heavy atom. The fourth-order valence-electron chi connectivity index (χ4n) is 2.70. The Bertz CT molecular complexity index is 952. The first-order valence-electron chi connectivity index (χ1n) is 7.36. The van der Waals surface area contributed by atoms with Crippen LogP contribution in [0.5, 0.6) is 0 Å². The number of rotatable bonds is 5. The van der Waals surface area contributed by atoms with Crippen molar-refractivity contribution < 1.29 is 18.1 Å². The molecule has 0 radical (unpaired) electrons. The number of para-hydroxylation sites is 1. The summed E-state index contributed by atoms with van der Waals surface area (Å²) in [5.41, 5.74) is 1.39. The third-order valence-corrected chi connectivity index (χ3v) is 6.75. The van der Waals surface area contributed by atoms with Crippen LogP contribution < -0.4 is 10.6 Å². The van der Waals surface area contributed by atoms with Gasteiger partial charge < -0.3 is 10.6 Å². The predicted molar refractivity (Wildman–Crippen MR) is 95.0 cm³/mol. The molecule has 1 aromatic carbocycles. The summed E-state index contributed by atoms with van der Waals surface area (Å²) in [6.45, 7) is 0.287. The fraction of sp³-hybridized carbons (Fsp3) is 0.267. The lowest BCUT2D eigenvalue weighted by atomic mass is 9.90. The molecule has 1 aliphatic rings. The van der Waals surface area contributed by atoms with Gasteiger partial charge in [0.05, 0.1) is 4.92 Å². The third kappa shape index (κ3) is 3.64. The molecule has 0 spiro atoms. The van der Waals surface area contributed by atoms with Crippen molar-refractivity contribution in [3.63, 3.8) is 0 Å². The van der Waals surface area contributed by atoms with Crippen molar-refractivity contribution in [1.82, 2.24) is 0 Å². The normalized spacial score (nSPS) is 16.8. The minimum Gasteiger partial charge on any atom is -0.371 e. The summed E-state index contributed by atoms with van der Waals surface area (Å²) in [6, 6.07) is 8.43. The molecule has 0 fully saturated rings. The maximum Gasteiger partial charge on any atom is 0.304 e. The number of anilines is 2. The zero-order valence-corrected chi connectivity index (χ0v) is 14.8. The second-order valence-electron chi connectivity index (χ2n) is 5.73. The number of benzene rings is 1. The summed E-state index contributed by atoms with van der Waals surface area (Å²) < 4.78 is 23.2. The first-order valence-corrected chi connectivity index (χ1v) is 10.1. The van der Waals surface area contributed by atoms with Gasteiger partial charge in [-0.15, -0.1) is 0 Å². The van der Waals surface area contributed by atoms with Gasteiger partial charge in [-0.25, -0.2) is 8.42 Å². The predicted octanol–water partition coefficient (Wildman–Crippen LogP) is 2.60. The zero-order chi connectivity index (χ0) is 18.2. The Hall–Kier alpha value is -2.46. The molecule has 10 heteroatoms. The molecule has 3 rings (SSSR count). The lowest BCUT2D eigenvalue weighted by Crippen LogP contribution is -2.26. The lowest BCUT2D eigenvalue weighted by molar-refractivity contribution is -0.383. The van der Waals surface area contributed by atoms with E-state index in [1.165, 1.54) is 0 Å². The van der Waals surface area contributed by atoms with Gasteiger partial charge >= 0.3 is 5.69 Å². The summed E-state index contributed by atoms with van der Waals surface area (Å²) in [5.74, 6) is -0.281. The molecule has 1 aliphatic heterocycles. The van der Waals surface area contributed by atoms with Crippen LogP contribution in [0, 0.1) is 10.1 Å². The van der Waals surface area contributed by atoms with Crippen LogP contribution in [0.2, 0.25) is 0 Å². The Balaban J connectivity index is 1.86. The van der Waals surface area contributed by atoms with Crippen LogP contribution in [0.1, 0.15) is 17.9 Å². The van der Waals surface area contributed by atoms with Crippen molar-refractivity contribution in [3.05, 3.63) is 46.0 Å². The minimum atomic E-state index is -3.53. The van der Waals surface area contributed by atoms with Crippen LogP contribution in [0.15, 0.2) is 34.5 Å². The van der Waals surface area contributed by atoms with E-state index in [4.69, 9.17) is 0 Å². The molecule has 25 heavy (non-hydrogen) atoms. The van der Waals surface area contributed by atoms with Crippen molar-refractivity contribution in [1.29, 1.82) is 0 Å². The van der Waals surface area contributed by atoms with Crippen LogP contribution in [-0.4, -0.2) is 32.0 Å². The van der Waals surface area contributed by atoms with E-state index in [-0.39, 0.29) is 39.7 Å². The van der Waals surface area contributed by atoms with Gasteiger partial charge in [-0.05, 0) is 11.6 Å². The highest BCUT2D eigenvalue weighted by Gasteiger charge is 2.27. The van der Waals surface area contributed by atoms with Gasteiger partial charge in [0.15, 0.2) is 14.8 Å². The number of fused-ring (bicyclic) bond motifs is 1. The van der Waals surface area contributed by atoms with Crippen LogP contribution in [0.4, 0.5) is 16.4 Å². The summed E-state index contributed by atoms with van der Waals surface area (Å²) >= 11 is 0.824. The van der Waals surface area contributed by atoms with Crippen molar-refractivity contribution in [2.24, 2.45) is 0 Å². The maximum absolute atomic E-state index is 11.8. The monoisotopic (exact) mass is 381 g/mol. The fourth-order valence-corrected chi connectivity index (χ4v) is 4.65. The SMILES string of the molecule is CS(=O)(=O)c1cc([N+](=O)[O-])c(NCC2CC(=O)Nc3ccccc32)s1. The molecular formula is C15H15N3O5S2. The van der Waals surface area contributed by atoms with E-state index in [1.807, 2.05) is 18.2 Å². The number of carbonyl (C=O) groups excluding carboxylic acids is 1. The van der Waals surface area contributed by atoms with Gasteiger partial charge in [-0.3, -0.25) is 14.9 Å². The van der Waals surface area contributed by atoms with E-state index >= 15 is 0 Å². The zero-order valence-electron chi connectivity index (χ0n) is 13.2. The Morgan fingerprint density at radius 3 is 2.80 bits per heavy atom. The van der Waals surface area contributed by atoms with E-state index in [0.717, 1.165) is 34.9 Å². The van der Waals surface area contributed by atoms with Crippen LogP contribution in [0.25, 0.3) is 0 Å². The standard InChI is InChI=1S/C15H15N3O5S2/c1-25(22,23)14-7-12(18(20)21)15(24-14)16-8-9-6-13(19)17-11-5-3-2-4-10(9)11/h2-5,7,9,16H,6,8H2,1H3,(H,17,19). The van der Waals surface area contributed by atoms with Crippen molar-refractivity contribution >= 4 is 43.5 Å². The molecule has 2 heterocycles. The molecule has 0 aliphatic carbocycles. The highest BCUT2D eigenvalue weighted by Crippen LogP contribution is 2.38. The highest BCUT2D eigenvalue weighted by molar-refractivity contribution is 7.92. The van der Waals surface area contributed by atoms with Gasteiger partial charge in [0.2, 0.25) is 5.91 Å². The smallest absolute Gasteiger partial charge is 0.304 e. The summed E-state index contributed by atoms with van der Waals surface area (Å²) in [7, 11) is -3.53. The van der Waals surface area contributed by atoms with Crippen molar-refractivity contribution in [2.75, 3.05) is 23.4 Å². The summed E-state index contributed by atoms with van der Waals surface area (Å²) in [5, 5.41) is 17.1. The van der Waals surface area contributed by atoms with Crippen LogP contribution in [-0.2, 0) is 14.6 Å². The Labute approximate surface area is 147 Å². The number of thiophene rings is 1. The molecule has 132 valence electrons. The topological polar surface area (TPSA) is 118 Å².